The van der Waals surface area contributed by atoms with Gasteiger partial charge in [-0.25, -0.2) is 4.98 Å². The largest absolute Gasteiger partial charge is 0.357 e. The summed E-state index contributed by atoms with van der Waals surface area (Å²) < 4.78 is 2.05. The number of hydrogen-bond donors (Lipinski definition) is 1. The van der Waals surface area contributed by atoms with E-state index < -0.39 is 0 Å². The van der Waals surface area contributed by atoms with E-state index in [2.05, 4.69) is 20.9 Å². The number of para-hydroxylation sites is 2. The molecule has 0 spiro atoms. The highest BCUT2D eigenvalue weighted by atomic mass is 16.1. The summed E-state index contributed by atoms with van der Waals surface area (Å²) in [6.07, 6.45) is 2.36. The van der Waals surface area contributed by atoms with Crippen molar-refractivity contribution in [2.45, 2.75) is 19.8 Å². The molecule has 1 aliphatic rings. The fraction of sp³-hybridized carbons (Fsp3) is 0.200. The van der Waals surface area contributed by atoms with Gasteiger partial charge in [-0.3, -0.25) is 9.36 Å². The Morgan fingerprint density at radius 1 is 0.900 bits per heavy atom. The molecule has 0 atom stereocenters. The van der Waals surface area contributed by atoms with Gasteiger partial charge in [0, 0.05) is 30.5 Å². The summed E-state index contributed by atoms with van der Waals surface area (Å²) in [5.41, 5.74) is 3.52. The highest BCUT2D eigenvalue weighted by Crippen LogP contribution is 2.28. The molecule has 3 heterocycles. The molecule has 5 heteroatoms. The van der Waals surface area contributed by atoms with Crippen LogP contribution >= 0.6 is 0 Å². The topological polar surface area (TPSA) is 50.2 Å². The Labute approximate surface area is 175 Å². The minimum Gasteiger partial charge on any atom is -0.357 e. The Morgan fingerprint density at radius 2 is 1.57 bits per heavy atom. The van der Waals surface area contributed by atoms with E-state index in [1.165, 1.54) is 12.8 Å². The van der Waals surface area contributed by atoms with Crippen LogP contribution in [0.25, 0.3) is 16.7 Å². The Hall–Kier alpha value is -3.60. The minimum absolute atomic E-state index is 0.0198. The van der Waals surface area contributed by atoms with Crippen molar-refractivity contribution >= 4 is 28.4 Å². The third-order valence-electron chi connectivity index (χ3n) is 5.64. The Bertz CT molecular complexity index is 1240. The van der Waals surface area contributed by atoms with Gasteiger partial charge in [0.1, 0.15) is 11.6 Å². The lowest BCUT2D eigenvalue weighted by molar-refractivity contribution is 0.933. The van der Waals surface area contributed by atoms with Crippen LogP contribution in [-0.2, 0) is 0 Å². The highest BCUT2D eigenvalue weighted by molar-refractivity contribution is 5.85. The molecule has 4 aromatic rings. The zero-order valence-corrected chi connectivity index (χ0v) is 17.0. The first-order chi connectivity index (χ1) is 14.7. The molecule has 2 aromatic heterocycles. The third kappa shape index (κ3) is 3.32. The van der Waals surface area contributed by atoms with Crippen molar-refractivity contribution in [3.8, 4) is 5.69 Å². The first-order valence-electron chi connectivity index (χ1n) is 10.4. The monoisotopic (exact) mass is 396 g/mol. The van der Waals surface area contributed by atoms with E-state index >= 15 is 0 Å². The van der Waals surface area contributed by atoms with Crippen LogP contribution in [0.15, 0.2) is 77.6 Å². The molecule has 0 saturated carbocycles. The Morgan fingerprint density at radius 3 is 2.27 bits per heavy atom. The average Bonchev–Trinajstić information content (AvgIpc) is 3.30. The highest BCUT2D eigenvalue weighted by Gasteiger charge is 2.19. The Balaban J connectivity index is 1.79. The zero-order chi connectivity index (χ0) is 20.5. The van der Waals surface area contributed by atoms with Crippen LogP contribution in [0.3, 0.4) is 0 Å². The number of pyridine rings is 2. The van der Waals surface area contributed by atoms with E-state index in [1.807, 2.05) is 67.6 Å². The van der Waals surface area contributed by atoms with E-state index in [0.29, 0.717) is 16.9 Å². The van der Waals surface area contributed by atoms with Crippen molar-refractivity contribution in [3.63, 3.8) is 0 Å². The van der Waals surface area contributed by atoms with Crippen LogP contribution in [0, 0.1) is 6.92 Å². The van der Waals surface area contributed by atoms with Gasteiger partial charge in [0.25, 0.3) is 0 Å². The summed E-state index contributed by atoms with van der Waals surface area (Å²) >= 11 is 0. The molecule has 0 aliphatic carbocycles. The summed E-state index contributed by atoms with van der Waals surface area (Å²) in [7, 11) is 0. The molecule has 5 nitrogen and oxygen atoms in total. The van der Waals surface area contributed by atoms with E-state index in [-0.39, 0.29) is 5.43 Å². The second kappa shape index (κ2) is 7.67. The lowest BCUT2D eigenvalue weighted by Gasteiger charge is -2.22. The zero-order valence-electron chi connectivity index (χ0n) is 17.0. The van der Waals surface area contributed by atoms with Gasteiger partial charge in [-0.15, -0.1) is 0 Å². The van der Waals surface area contributed by atoms with Gasteiger partial charge >= 0.3 is 0 Å². The van der Waals surface area contributed by atoms with Crippen molar-refractivity contribution in [3.05, 3.63) is 88.6 Å². The predicted molar refractivity (Wildman–Crippen MR) is 123 cm³/mol. The number of nitrogens with one attached hydrogen (secondary N) is 1. The van der Waals surface area contributed by atoms with Crippen LogP contribution in [-0.4, -0.2) is 22.6 Å². The van der Waals surface area contributed by atoms with Gasteiger partial charge in [0.2, 0.25) is 0 Å². The van der Waals surface area contributed by atoms with Gasteiger partial charge in [-0.05, 0) is 55.7 Å². The number of nitrogens with zero attached hydrogens (tertiary/aromatic N) is 3. The molecule has 5 rings (SSSR count). The lowest BCUT2D eigenvalue weighted by Crippen LogP contribution is -2.21. The summed E-state index contributed by atoms with van der Waals surface area (Å²) in [4.78, 5) is 20.4. The Kier molecular flexibility index (Phi) is 4.71. The maximum Gasteiger partial charge on any atom is 0.193 e. The van der Waals surface area contributed by atoms with Crippen molar-refractivity contribution in [1.29, 1.82) is 0 Å². The molecular formula is C25H24N4O. The van der Waals surface area contributed by atoms with Crippen LogP contribution in [0.5, 0.6) is 0 Å². The molecular weight excluding hydrogens is 372 g/mol. The van der Waals surface area contributed by atoms with E-state index in [9.17, 15) is 4.79 Å². The van der Waals surface area contributed by atoms with Crippen LogP contribution < -0.4 is 15.6 Å². The van der Waals surface area contributed by atoms with Gasteiger partial charge in [0.05, 0.1) is 5.39 Å². The number of benzene rings is 2. The normalized spacial score (nSPS) is 13.7. The number of aromatic nitrogens is 2. The first-order valence-corrected chi connectivity index (χ1v) is 10.4. The molecule has 1 aliphatic heterocycles. The molecule has 0 bridgehead atoms. The van der Waals surface area contributed by atoms with Crippen LogP contribution in [0.2, 0.25) is 0 Å². The second-order valence-corrected chi connectivity index (χ2v) is 7.75. The van der Waals surface area contributed by atoms with Crippen molar-refractivity contribution in [1.82, 2.24) is 9.55 Å². The molecule has 0 radical (unpaired) electrons. The number of aryl methyl sites for hydroxylation is 1. The number of hydrogen-bond acceptors (Lipinski definition) is 4. The molecule has 150 valence electrons. The standard InChI is InChI=1S/C25H24N4O/c1-18-16-22(28-14-8-9-15-28)27-25-24(18)21(30)17-23(26-19-10-4-2-5-11-19)29(25)20-12-6-3-7-13-20/h2-7,10-13,16-17,26H,8-9,14-15H2,1H3. The maximum absolute atomic E-state index is 13.1. The first kappa shape index (κ1) is 18.4. The van der Waals surface area contributed by atoms with Crippen molar-refractivity contribution in [2.75, 3.05) is 23.3 Å². The second-order valence-electron chi connectivity index (χ2n) is 7.75. The fourth-order valence-electron chi connectivity index (χ4n) is 4.19. The smallest absolute Gasteiger partial charge is 0.193 e. The van der Waals surface area contributed by atoms with Gasteiger partial charge < -0.3 is 10.2 Å². The minimum atomic E-state index is -0.0198. The molecule has 1 saturated heterocycles. The summed E-state index contributed by atoms with van der Waals surface area (Å²) in [6.45, 7) is 4.02. The maximum atomic E-state index is 13.1. The number of anilines is 3. The molecule has 0 unspecified atom stereocenters. The van der Waals surface area contributed by atoms with Gasteiger partial charge in [-0.1, -0.05) is 36.4 Å². The third-order valence-corrected chi connectivity index (χ3v) is 5.64. The molecule has 0 amide bonds. The number of rotatable bonds is 4. The van der Waals surface area contributed by atoms with Crippen LogP contribution in [0.4, 0.5) is 17.3 Å². The quantitative estimate of drug-likeness (QED) is 0.525. The molecule has 1 N–H and O–H groups in total. The summed E-state index contributed by atoms with van der Waals surface area (Å²) in [6, 6.07) is 23.7. The van der Waals surface area contributed by atoms with Crippen molar-refractivity contribution in [2.24, 2.45) is 0 Å². The number of fused-ring (bicyclic) bond motifs is 1. The average molecular weight is 396 g/mol. The molecule has 1 fully saturated rings. The van der Waals surface area contributed by atoms with Crippen molar-refractivity contribution < 1.29 is 0 Å². The van der Waals surface area contributed by atoms with Crippen LogP contribution in [0.1, 0.15) is 18.4 Å². The predicted octanol–water partition coefficient (Wildman–Crippen LogP) is 5.04. The summed E-state index contributed by atoms with van der Waals surface area (Å²) in [5, 5.41) is 4.09. The van der Waals surface area contributed by atoms with Gasteiger partial charge in [0.15, 0.2) is 11.1 Å². The molecule has 2 aromatic carbocycles. The van der Waals surface area contributed by atoms with E-state index in [4.69, 9.17) is 4.98 Å². The lowest BCUT2D eigenvalue weighted by atomic mass is 10.1. The molecule has 30 heavy (non-hydrogen) atoms. The summed E-state index contributed by atoms with van der Waals surface area (Å²) in [5.74, 6) is 1.65. The SMILES string of the molecule is Cc1cc(N2CCCC2)nc2c1c(=O)cc(Nc1ccccc1)n2-c1ccccc1. The van der Waals surface area contributed by atoms with E-state index in [1.54, 1.807) is 6.07 Å². The fourth-order valence-corrected chi connectivity index (χ4v) is 4.19. The van der Waals surface area contributed by atoms with E-state index in [0.717, 1.165) is 35.8 Å². The van der Waals surface area contributed by atoms with Gasteiger partial charge in [-0.2, -0.15) is 0 Å².